The predicted molar refractivity (Wildman–Crippen MR) is 42.7 cm³/mol. The minimum Gasteiger partial charge on any atom is -0.378 e. The van der Waals surface area contributed by atoms with Crippen LogP contribution in [0.2, 0.25) is 0 Å². The summed E-state index contributed by atoms with van der Waals surface area (Å²) in [6.07, 6.45) is 6.88. The van der Waals surface area contributed by atoms with Crippen LogP contribution in [0.15, 0.2) is 11.3 Å². The minimum absolute atomic E-state index is 0.771. The number of allylic oxidation sites excluding steroid dienone is 1. The number of nitrogens with one attached hydrogen (secondary N) is 1. The Bertz CT molecular complexity index is 162. The van der Waals surface area contributed by atoms with E-state index in [1.165, 1.54) is 32.1 Å². The van der Waals surface area contributed by atoms with E-state index in [9.17, 15) is 0 Å². The quantitative estimate of drug-likeness (QED) is 0.550. The maximum Gasteiger partial charge on any atom is 0.0654 e. The summed E-state index contributed by atoms with van der Waals surface area (Å²) in [6, 6.07) is 0.771. The molecule has 1 heterocycles. The van der Waals surface area contributed by atoms with Crippen LogP contribution in [0.3, 0.4) is 0 Å². The summed E-state index contributed by atoms with van der Waals surface area (Å²) < 4.78 is 0. The van der Waals surface area contributed by atoms with Gasteiger partial charge in [-0.05, 0) is 37.7 Å². The highest BCUT2D eigenvalue weighted by molar-refractivity contribution is 5.32. The highest BCUT2D eigenvalue weighted by Crippen LogP contribution is 2.33. The van der Waals surface area contributed by atoms with Gasteiger partial charge in [0.05, 0.1) is 6.04 Å². The molecule has 0 amide bonds. The molecule has 2 aliphatic rings. The molecule has 0 aromatic heterocycles. The highest BCUT2D eigenvalue weighted by Gasteiger charge is 2.30. The Morgan fingerprint density at radius 2 is 2.10 bits per heavy atom. The average molecular weight is 137 g/mol. The monoisotopic (exact) mass is 137 g/mol. The van der Waals surface area contributed by atoms with Crippen molar-refractivity contribution in [2.45, 2.75) is 45.1 Å². The molecule has 1 saturated carbocycles. The van der Waals surface area contributed by atoms with Gasteiger partial charge in [0.1, 0.15) is 0 Å². The van der Waals surface area contributed by atoms with Crippen LogP contribution in [-0.2, 0) is 0 Å². The van der Waals surface area contributed by atoms with Gasteiger partial charge in [-0.3, -0.25) is 0 Å². The smallest absolute Gasteiger partial charge is 0.0654 e. The summed E-state index contributed by atoms with van der Waals surface area (Å²) in [6.45, 7) is 2.25. The summed E-state index contributed by atoms with van der Waals surface area (Å²) >= 11 is 0. The lowest BCUT2D eigenvalue weighted by atomic mass is 10.2. The molecule has 0 aromatic rings. The zero-order valence-electron chi connectivity index (χ0n) is 6.61. The van der Waals surface area contributed by atoms with Crippen LogP contribution < -0.4 is 5.32 Å². The molecule has 1 N–H and O–H groups in total. The van der Waals surface area contributed by atoms with Crippen molar-refractivity contribution >= 4 is 0 Å². The van der Waals surface area contributed by atoms with E-state index in [0.717, 1.165) is 6.04 Å². The van der Waals surface area contributed by atoms with Crippen LogP contribution in [0.5, 0.6) is 0 Å². The van der Waals surface area contributed by atoms with E-state index in [0.29, 0.717) is 0 Å². The molecule has 0 spiro atoms. The Balaban J connectivity index is 2.03. The zero-order chi connectivity index (χ0) is 6.97. The Morgan fingerprint density at radius 1 is 1.40 bits per heavy atom. The Kier molecular flexibility index (Phi) is 1.44. The molecule has 1 aliphatic carbocycles. The Morgan fingerprint density at radius 3 is 2.60 bits per heavy atom. The lowest BCUT2D eigenvalue weighted by Crippen LogP contribution is -1.82. The first-order valence-corrected chi connectivity index (χ1v) is 4.40. The van der Waals surface area contributed by atoms with Gasteiger partial charge in [-0.25, -0.2) is 0 Å². The van der Waals surface area contributed by atoms with Gasteiger partial charge < -0.3 is 5.32 Å². The Labute approximate surface area is 62.5 Å². The molecule has 1 unspecified atom stereocenters. The van der Waals surface area contributed by atoms with Gasteiger partial charge in [0.25, 0.3) is 0 Å². The Hall–Kier alpha value is -0.460. The maximum absolute atomic E-state index is 3.44. The largest absolute Gasteiger partial charge is 0.378 e. The molecule has 1 heteroatoms. The van der Waals surface area contributed by atoms with Crippen molar-refractivity contribution in [1.29, 1.82) is 0 Å². The van der Waals surface area contributed by atoms with Gasteiger partial charge in [-0.1, -0.05) is 6.92 Å². The normalized spacial score (nSPS) is 30.7. The summed E-state index contributed by atoms with van der Waals surface area (Å²) in [7, 11) is 0. The van der Waals surface area contributed by atoms with Gasteiger partial charge in [0.2, 0.25) is 0 Å². The second kappa shape index (κ2) is 2.30. The van der Waals surface area contributed by atoms with Gasteiger partial charge >= 0.3 is 0 Å². The van der Waals surface area contributed by atoms with Crippen molar-refractivity contribution in [2.24, 2.45) is 0 Å². The molecular formula is C9H15N. The first-order valence-electron chi connectivity index (χ1n) is 4.40. The van der Waals surface area contributed by atoms with Gasteiger partial charge in [0, 0.05) is 5.70 Å². The molecule has 10 heavy (non-hydrogen) atoms. The van der Waals surface area contributed by atoms with E-state index in [4.69, 9.17) is 0 Å². The average Bonchev–Trinajstić information content (AvgIpc) is 2.56. The molecule has 1 saturated heterocycles. The van der Waals surface area contributed by atoms with Crippen LogP contribution in [0, 0.1) is 0 Å². The predicted octanol–water partition coefficient (Wildman–Crippen LogP) is 2.20. The van der Waals surface area contributed by atoms with Crippen molar-refractivity contribution in [3.8, 4) is 0 Å². The summed E-state index contributed by atoms with van der Waals surface area (Å²) in [5.41, 5.74) is 3.33. The molecule has 0 bridgehead atoms. The highest BCUT2D eigenvalue weighted by atomic mass is 15.1. The van der Waals surface area contributed by atoms with Crippen LogP contribution in [0.1, 0.15) is 39.0 Å². The first-order chi connectivity index (χ1) is 4.92. The molecule has 1 aliphatic heterocycles. The SMILES string of the molecule is CCC1NC1=C1CCCC1. The number of hydrogen-bond acceptors (Lipinski definition) is 1. The van der Waals surface area contributed by atoms with Crippen LogP contribution >= 0.6 is 0 Å². The van der Waals surface area contributed by atoms with Crippen molar-refractivity contribution in [3.05, 3.63) is 11.3 Å². The number of hydrogen-bond donors (Lipinski definition) is 1. The molecule has 2 rings (SSSR count). The standard InChI is InChI=1S/C9H15N/c1-2-8-9(10-8)7-5-3-4-6-7/h8,10H,2-6H2,1H3. The summed E-state index contributed by atoms with van der Waals surface area (Å²) in [4.78, 5) is 0. The molecule has 56 valence electrons. The van der Waals surface area contributed by atoms with E-state index in [-0.39, 0.29) is 0 Å². The topological polar surface area (TPSA) is 21.9 Å². The summed E-state index contributed by atoms with van der Waals surface area (Å²) in [5.74, 6) is 0. The third-order valence-corrected chi connectivity index (χ3v) is 2.59. The second-order valence-corrected chi connectivity index (χ2v) is 3.33. The zero-order valence-corrected chi connectivity index (χ0v) is 6.61. The van der Waals surface area contributed by atoms with E-state index in [1.807, 2.05) is 0 Å². The minimum atomic E-state index is 0.771. The van der Waals surface area contributed by atoms with Crippen molar-refractivity contribution in [2.75, 3.05) is 0 Å². The van der Waals surface area contributed by atoms with E-state index < -0.39 is 0 Å². The van der Waals surface area contributed by atoms with E-state index in [2.05, 4.69) is 12.2 Å². The molecule has 0 radical (unpaired) electrons. The number of rotatable bonds is 1. The molecule has 1 nitrogen and oxygen atoms in total. The van der Waals surface area contributed by atoms with Gasteiger partial charge in [0.15, 0.2) is 0 Å². The maximum atomic E-state index is 3.44. The van der Waals surface area contributed by atoms with E-state index >= 15 is 0 Å². The van der Waals surface area contributed by atoms with Crippen LogP contribution in [0.25, 0.3) is 0 Å². The first kappa shape index (κ1) is 6.26. The molecule has 0 aromatic carbocycles. The van der Waals surface area contributed by atoms with Gasteiger partial charge in [-0.15, -0.1) is 0 Å². The lowest BCUT2D eigenvalue weighted by molar-refractivity contribution is 0.886. The van der Waals surface area contributed by atoms with Crippen LogP contribution in [-0.4, -0.2) is 6.04 Å². The second-order valence-electron chi connectivity index (χ2n) is 3.33. The fourth-order valence-electron chi connectivity index (χ4n) is 1.87. The lowest BCUT2D eigenvalue weighted by Gasteiger charge is -1.88. The van der Waals surface area contributed by atoms with E-state index in [1.54, 1.807) is 11.3 Å². The molecular weight excluding hydrogens is 122 g/mol. The third kappa shape index (κ3) is 0.938. The van der Waals surface area contributed by atoms with Crippen molar-refractivity contribution < 1.29 is 0 Å². The molecule has 1 atom stereocenters. The van der Waals surface area contributed by atoms with Gasteiger partial charge in [-0.2, -0.15) is 0 Å². The van der Waals surface area contributed by atoms with Crippen LogP contribution in [0.4, 0.5) is 0 Å². The van der Waals surface area contributed by atoms with Crippen molar-refractivity contribution in [3.63, 3.8) is 0 Å². The third-order valence-electron chi connectivity index (χ3n) is 2.59. The summed E-state index contributed by atoms with van der Waals surface area (Å²) in [5, 5.41) is 3.44. The molecule has 2 fully saturated rings. The fraction of sp³-hybridized carbons (Fsp3) is 0.778. The fourth-order valence-corrected chi connectivity index (χ4v) is 1.87. The van der Waals surface area contributed by atoms with Crippen molar-refractivity contribution in [1.82, 2.24) is 5.32 Å².